The molecule has 4 heteroatoms. The topological polar surface area (TPSA) is 37.3 Å². The molecule has 0 aliphatic carbocycles. The molecule has 0 radical (unpaired) electrons. The van der Waals surface area contributed by atoms with Gasteiger partial charge in [0.1, 0.15) is 0 Å². The normalized spacial score (nSPS) is 11.5. The molecule has 1 N–H and O–H groups in total. The quantitative estimate of drug-likeness (QED) is 0.834. The first kappa shape index (κ1) is 12.7. The summed E-state index contributed by atoms with van der Waals surface area (Å²) in [6.07, 6.45) is 0. The molecule has 0 aliphatic heterocycles. The second kappa shape index (κ2) is 4.26. The van der Waals surface area contributed by atoms with E-state index in [9.17, 15) is 4.79 Å². The van der Waals surface area contributed by atoms with Crippen LogP contribution in [-0.2, 0) is 5.41 Å². The highest BCUT2D eigenvalue weighted by Crippen LogP contribution is 2.37. The minimum atomic E-state index is -0.917. The molecule has 0 bridgehead atoms. The Morgan fingerprint density at radius 1 is 1.27 bits per heavy atom. The highest BCUT2D eigenvalue weighted by Gasteiger charge is 2.23. The van der Waals surface area contributed by atoms with Crippen LogP contribution in [0.25, 0.3) is 0 Å². The molecule has 0 atom stereocenters. The molecular weight excluding hydrogens is 324 g/mol. The molecular formula is C11H12Br2O2. The van der Waals surface area contributed by atoms with Crippen LogP contribution >= 0.6 is 31.9 Å². The summed E-state index contributed by atoms with van der Waals surface area (Å²) < 4.78 is 1.57. The fourth-order valence-electron chi connectivity index (χ4n) is 1.41. The fraction of sp³-hybridized carbons (Fsp3) is 0.364. The third-order valence-corrected chi connectivity index (χ3v) is 3.56. The zero-order valence-electron chi connectivity index (χ0n) is 8.77. The van der Waals surface area contributed by atoms with Gasteiger partial charge in [0.15, 0.2) is 0 Å². The summed E-state index contributed by atoms with van der Waals surface area (Å²) in [7, 11) is 0. The van der Waals surface area contributed by atoms with Gasteiger partial charge in [0.25, 0.3) is 0 Å². The van der Waals surface area contributed by atoms with E-state index in [4.69, 9.17) is 5.11 Å². The van der Waals surface area contributed by atoms with Gasteiger partial charge in [-0.1, -0.05) is 36.7 Å². The molecule has 0 aromatic heterocycles. The Bertz CT molecular complexity index is 406. The molecule has 1 rings (SSSR count). The van der Waals surface area contributed by atoms with Gasteiger partial charge in [-0.2, -0.15) is 0 Å². The molecule has 0 fully saturated rings. The van der Waals surface area contributed by atoms with Gasteiger partial charge < -0.3 is 5.11 Å². The Labute approximate surface area is 106 Å². The summed E-state index contributed by atoms with van der Waals surface area (Å²) in [5.41, 5.74) is 1.16. The average Bonchev–Trinajstić information content (AvgIpc) is 2.00. The van der Waals surface area contributed by atoms with Crippen molar-refractivity contribution in [3.63, 3.8) is 0 Å². The van der Waals surface area contributed by atoms with E-state index in [0.717, 1.165) is 10.0 Å². The van der Waals surface area contributed by atoms with Crippen molar-refractivity contribution >= 4 is 37.8 Å². The second-order valence-corrected chi connectivity index (χ2v) is 5.99. The minimum Gasteiger partial charge on any atom is -0.478 e. The molecule has 1 aromatic carbocycles. The van der Waals surface area contributed by atoms with E-state index >= 15 is 0 Å². The fourth-order valence-corrected chi connectivity index (χ4v) is 3.71. The number of carboxylic acid groups (broad SMARTS) is 1. The third-order valence-electron chi connectivity index (χ3n) is 2.07. The highest BCUT2D eigenvalue weighted by atomic mass is 79.9. The van der Waals surface area contributed by atoms with E-state index in [2.05, 4.69) is 31.9 Å². The lowest BCUT2D eigenvalue weighted by Crippen LogP contribution is -2.15. The molecule has 0 spiro atoms. The van der Waals surface area contributed by atoms with Crippen LogP contribution in [0.15, 0.2) is 21.1 Å². The number of halogens is 2. The van der Waals surface area contributed by atoms with Gasteiger partial charge in [-0.25, -0.2) is 4.79 Å². The molecule has 0 aliphatic rings. The monoisotopic (exact) mass is 334 g/mol. The van der Waals surface area contributed by atoms with E-state index in [1.54, 1.807) is 12.1 Å². The van der Waals surface area contributed by atoms with Gasteiger partial charge in [-0.05, 0) is 39.0 Å². The van der Waals surface area contributed by atoms with Gasteiger partial charge in [0, 0.05) is 8.95 Å². The van der Waals surface area contributed by atoms with Crippen LogP contribution in [0.1, 0.15) is 36.7 Å². The van der Waals surface area contributed by atoms with Crippen molar-refractivity contribution in [1.82, 2.24) is 0 Å². The number of carboxylic acids is 1. The number of aromatic carboxylic acids is 1. The lowest BCUT2D eigenvalue weighted by Gasteiger charge is -2.23. The molecule has 0 amide bonds. The second-order valence-electron chi connectivity index (χ2n) is 4.34. The number of benzene rings is 1. The number of carbonyl (C=O) groups is 1. The van der Waals surface area contributed by atoms with E-state index in [1.165, 1.54) is 0 Å². The largest absolute Gasteiger partial charge is 0.478 e. The summed E-state index contributed by atoms with van der Waals surface area (Å²) in [6, 6.07) is 3.36. The van der Waals surface area contributed by atoms with Crippen molar-refractivity contribution in [2.24, 2.45) is 0 Å². The molecule has 2 nitrogen and oxygen atoms in total. The van der Waals surface area contributed by atoms with Gasteiger partial charge in [0.05, 0.1) is 5.56 Å². The molecule has 0 saturated carbocycles. The van der Waals surface area contributed by atoms with E-state index in [-0.39, 0.29) is 5.41 Å². The smallest absolute Gasteiger partial charge is 0.336 e. The van der Waals surface area contributed by atoms with Crippen molar-refractivity contribution in [3.8, 4) is 0 Å². The van der Waals surface area contributed by atoms with Crippen LogP contribution in [0.4, 0.5) is 0 Å². The molecule has 0 unspecified atom stereocenters. The Morgan fingerprint density at radius 2 is 1.80 bits per heavy atom. The molecule has 1 aromatic rings. The van der Waals surface area contributed by atoms with Crippen LogP contribution in [-0.4, -0.2) is 11.1 Å². The Morgan fingerprint density at radius 3 is 2.20 bits per heavy atom. The molecule has 82 valence electrons. The lowest BCUT2D eigenvalue weighted by atomic mass is 9.86. The minimum absolute atomic E-state index is 0.108. The van der Waals surface area contributed by atoms with E-state index in [0.29, 0.717) is 10.0 Å². The summed E-state index contributed by atoms with van der Waals surface area (Å²) in [4.78, 5) is 11.0. The van der Waals surface area contributed by atoms with Crippen molar-refractivity contribution in [3.05, 3.63) is 32.2 Å². The van der Waals surface area contributed by atoms with Crippen LogP contribution in [0.5, 0.6) is 0 Å². The highest BCUT2D eigenvalue weighted by molar-refractivity contribution is 9.11. The predicted molar refractivity (Wildman–Crippen MR) is 67.5 cm³/mol. The van der Waals surface area contributed by atoms with Crippen molar-refractivity contribution in [1.29, 1.82) is 0 Å². The summed E-state index contributed by atoms with van der Waals surface area (Å²) in [5.74, 6) is -0.917. The lowest BCUT2D eigenvalue weighted by molar-refractivity contribution is 0.0695. The predicted octanol–water partition coefficient (Wildman–Crippen LogP) is 4.21. The van der Waals surface area contributed by atoms with Crippen molar-refractivity contribution < 1.29 is 9.90 Å². The van der Waals surface area contributed by atoms with Gasteiger partial charge in [0.2, 0.25) is 0 Å². The zero-order chi connectivity index (χ0) is 11.8. The Kier molecular flexibility index (Phi) is 3.61. The standard InChI is InChI=1S/C11H12Br2O2/c1-11(2,3)8-7(12)5-4-6(9(8)13)10(14)15/h4-5H,1-3H3,(H,14,15). The molecule has 0 heterocycles. The summed E-state index contributed by atoms with van der Waals surface area (Å²) >= 11 is 6.80. The Hall–Kier alpha value is -0.350. The maximum atomic E-state index is 11.0. The third kappa shape index (κ3) is 2.61. The SMILES string of the molecule is CC(C)(C)c1c(Br)ccc(C(=O)O)c1Br. The van der Waals surface area contributed by atoms with Gasteiger partial charge in [-0.15, -0.1) is 0 Å². The number of rotatable bonds is 1. The van der Waals surface area contributed by atoms with Gasteiger partial charge >= 0.3 is 5.97 Å². The van der Waals surface area contributed by atoms with E-state index in [1.807, 2.05) is 20.8 Å². The van der Waals surface area contributed by atoms with Crippen molar-refractivity contribution in [2.45, 2.75) is 26.2 Å². The maximum absolute atomic E-state index is 11.0. The summed E-state index contributed by atoms with van der Waals surface area (Å²) in [6.45, 7) is 6.14. The first-order chi connectivity index (χ1) is 6.75. The van der Waals surface area contributed by atoms with Crippen molar-refractivity contribution in [2.75, 3.05) is 0 Å². The van der Waals surface area contributed by atoms with Gasteiger partial charge in [-0.3, -0.25) is 0 Å². The van der Waals surface area contributed by atoms with Crippen LogP contribution in [0.3, 0.4) is 0 Å². The average molecular weight is 336 g/mol. The number of hydrogen-bond acceptors (Lipinski definition) is 1. The number of hydrogen-bond donors (Lipinski definition) is 1. The summed E-state index contributed by atoms with van der Waals surface area (Å²) in [5, 5.41) is 9.00. The maximum Gasteiger partial charge on any atom is 0.336 e. The first-order valence-electron chi connectivity index (χ1n) is 4.47. The molecule has 15 heavy (non-hydrogen) atoms. The zero-order valence-corrected chi connectivity index (χ0v) is 11.9. The van der Waals surface area contributed by atoms with Crippen LogP contribution < -0.4 is 0 Å². The first-order valence-corrected chi connectivity index (χ1v) is 6.05. The van der Waals surface area contributed by atoms with Crippen LogP contribution in [0, 0.1) is 0 Å². The van der Waals surface area contributed by atoms with Crippen LogP contribution in [0.2, 0.25) is 0 Å². The van der Waals surface area contributed by atoms with E-state index < -0.39 is 5.97 Å². The Balaban J connectivity index is 3.51. The molecule has 0 saturated heterocycles.